The maximum Gasteiger partial charge on any atom is 0.407 e. The van der Waals surface area contributed by atoms with Gasteiger partial charge in [0.05, 0.1) is 13.2 Å². The Morgan fingerprint density at radius 2 is 2.38 bits per heavy atom. The molecule has 1 saturated heterocycles. The summed E-state index contributed by atoms with van der Waals surface area (Å²) in [6, 6.07) is 4.79. The van der Waals surface area contributed by atoms with Crippen LogP contribution in [0.1, 0.15) is 5.56 Å². The molecule has 1 heterocycles. The minimum Gasteiger partial charge on any atom is -0.487 e. The van der Waals surface area contributed by atoms with Gasteiger partial charge in [0.25, 0.3) is 0 Å². The Morgan fingerprint density at radius 1 is 1.52 bits per heavy atom. The van der Waals surface area contributed by atoms with Crippen LogP contribution in [0.15, 0.2) is 18.2 Å². The third-order valence-electron chi connectivity index (χ3n) is 2.98. The third kappa shape index (κ3) is 4.87. The normalized spacial score (nSPS) is 17.4. The molecular formula is C14H19FN2O4. The summed E-state index contributed by atoms with van der Waals surface area (Å²) >= 11 is 0. The first-order valence-corrected chi connectivity index (χ1v) is 6.74. The van der Waals surface area contributed by atoms with Crippen LogP contribution in [-0.4, -0.2) is 45.6 Å². The molecule has 6 nitrogen and oxygen atoms in total. The maximum absolute atomic E-state index is 13.9. The molecule has 0 aromatic heterocycles. The SMILES string of the molecule is COCCNCc1ccc(OCC2CNC(=O)O2)c(F)c1. The second-order valence-electron chi connectivity index (χ2n) is 4.65. The number of methoxy groups -OCH3 is 1. The zero-order chi connectivity index (χ0) is 15.1. The Labute approximate surface area is 122 Å². The summed E-state index contributed by atoms with van der Waals surface area (Å²) in [5, 5.41) is 5.64. The second-order valence-corrected chi connectivity index (χ2v) is 4.65. The number of cyclic esters (lactones) is 1. The van der Waals surface area contributed by atoms with Gasteiger partial charge in [-0.1, -0.05) is 6.07 Å². The molecule has 21 heavy (non-hydrogen) atoms. The number of ether oxygens (including phenoxy) is 3. The fourth-order valence-corrected chi connectivity index (χ4v) is 1.89. The second kappa shape index (κ2) is 7.80. The first kappa shape index (κ1) is 15.5. The van der Waals surface area contributed by atoms with Gasteiger partial charge in [-0.2, -0.15) is 0 Å². The van der Waals surface area contributed by atoms with E-state index >= 15 is 0 Å². The fraction of sp³-hybridized carbons (Fsp3) is 0.500. The highest BCUT2D eigenvalue weighted by Gasteiger charge is 2.23. The summed E-state index contributed by atoms with van der Waals surface area (Å²) < 4.78 is 29.0. The molecule has 0 spiro atoms. The van der Waals surface area contributed by atoms with Crippen LogP contribution in [0, 0.1) is 5.82 Å². The van der Waals surface area contributed by atoms with Crippen molar-refractivity contribution in [3.05, 3.63) is 29.6 Å². The summed E-state index contributed by atoms with van der Waals surface area (Å²) in [5.41, 5.74) is 0.824. The minimum atomic E-state index is -0.471. The Bertz CT molecular complexity index is 484. The lowest BCUT2D eigenvalue weighted by Gasteiger charge is -2.12. The van der Waals surface area contributed by atoms with Crippen molar-refractivity contribution in [2.75, 3.05) is 33.4 Å². The van der Waals surface area contributed by atoms with Gasteiger partial charge < -0.3 is 24.8 Å². The van der Waals surface area contributed by atoms with E-state index < -0.39 is 11.9 Å². The highest BCUT2D eigenvalue weighted by molar-refractivity contribution is 5.69. The van der Waals surface area contributed by atoms with Crippen molar-refractivity contribution in [1.82, 2.24) is 10.6 Å². The van der Waals surface area contributed by atoms with Gasteiger partial charge in [-0.05, 0) is 17.7 Å². The zero-order valence-electron chi connectivity index (χ0n) is 11.9. The van der Waals surface area contributed by atoms with Crippen molar-refractivity contribution in [3.8, 4) is 5.75 Å². The lowest BCUT2D eigenvalue weighted by Crippen LogP contribution is -2.22. The highest BCUT2D eigenvalue weighted by atomic mass is 19.1. The molecule has 0 bridgehead atoms. The van der Waals surface area contributed by atoms with Crippen LogP contribution < -0.4 is 15.4 Å². The number of amides is 1. The molecule has 0 saturated carbocycles. The number of hydrogen-bond donors (Lipinski definition) is 2. The van der Waals surface area contributed by atoms with Gasteiger partial charge in [0.1, 0.15) is 6.61 Å². The summed E-state index contributed by atoms with van der Waals surface area (Å²) in [5.74, 6) is -0.281. The lowest BCUT2D eigenvalue weighted by atomic mass is 10.2. The van der Waals surface area contributed by atoms with Gasteiger partial charge >= 0.3 is 6.09 Å². The minimum absolute atomic E-state index is 0.126. The largest absolute Gasteiger partial charge is 0.487 e. The van der Waals surface area contributed by atoms with Gasteiger partial charge in [-0.3, -0.25) is 0 Å². The van der Waals surface area contributed by atoms with Crippen LogP contribution in [0.2, 0.25) is 0 Å². The van der Waals surface area contributed by atoms with E-state index in [1.54, 1.807) is 19.2 Å². The number of carbonyl (C=O) groups excluding carboxylic acids is 1. The smallest absolute Gasteiger partial charge is 0.407 e. The number of benzene rings is 1. The highest BCUT2D eigenvalue weighted by Crippen LogP contribution is 2.19. The molecule has 7 heteroatoms. The summed E-state index contributed by atoms with van der Waals surface area (Å²) in [4.78, 5) is 10.8. The number of nitrogens with one attached hydrogen (secondary N) is 2. The standard InChI is InChI=1S/C14H19FN2O4/c1-19-5-4-16-7-10-2-3-13(12(15)6-10)20-9-11-8-17-14(18)21-11/h2-3,6,11,16H,4-5,7-9H2,1H3,(H,17,18). The molecule has 0 radical (unpaired) electrons. The van der Waals surface area contributed by atoms with Crippen LogP contribution in [-0.2, 0) is 16.0 Å². The van der Waals surface area contributed by atoms with Crippen LogP contribution in [0.4, 0.5) is 9.18 Å². The molecule has 0 aliphatic carbocycles. The lowest BCUT2D eigenvalue weighted by molar-refractivity contribution is 0.103. The van der Waals surface area contributed by atoms with E-state index in [2.05, 4.69) is 10.6 Å². The van der Waals surface area contributed by atoms with Crippen molar-refractivity contribution in [2.45, 2.75) is 12.6 Å². The predicted octanol–water partition coefficient (Wildman–Crippen LogP) is 1.05. The summed E-state index contributed by atoms with van der Waals surface area (Å²) in [6.45, 7) is 2.38. The quantitative estimate of drug-likeness (QED) is 0.702. The average molecular weight is 298 g/mol. The van der Waals surface area contributed by atoms with Crippen LogP contribution in [0.5, 0.6) is 5.75 Å². The van der Waals surface area contributed by atoms with Gasteiger partial charge in [-0.15, -0.1) is 0 Å². The van der Waals surface area contributed by atoms with Crippen LogP contribution in [0.25, 0.3) is 0 Å². The van der Waals surface area contributed by atoms with E-state index in [-0.39, 0.29) is 18.5 Å². The van der Waals surface area contributed by atoms with E-state index in [4.69, 9.17) is 14.2 Å². The molecule has 1 unspecified atom stereocenters. The Morgan fingerprint density at radius 3 is 3.05 bits per heavy atom. The predicted molar refractivity (Wildman–Crippen MR) is 73.7 cm³/mol. The molecule has 1 aliphatic rings. The number of alkyl carbamates (subject to hydrolysis) is 1. The van der Waals surface area contributed by atoms with Gasteiger partial charge in [-0.25, -0.2) is 9.18 Å². The van der Waals surface area contributed by atoms with Crippen molar-refractivity contribution in [1.29, 1.82) is 0 Å². The third-order valence-corrected chi connectivity index (χ3v) is 2.98. The summed E-state index contributed by atoms with van der Waals surface area (Å²) in [7, 11) is 1.63. The van der Waals surface area contributed by atoms with Gasteiger partial charge in [0.2, 0.25) is 0 Å². The van der Waals surface area contributed by atoms with Crippen molar-refractivity contribution < 1.29 is 23.4 Å². The van der Waals surface area contributed by atoms with E-state index in [0.29, 0.717) is 26.2 Å². The number of rotatable bonds is 8. The molecule has 1 amide bonds. The van der Waals surface area contributed by atoms with Crippen molar-refractivity contribution in [2.24, 2.45) is 0 Å². The molecule has 2 N–H and O–H groups in total. The molecule has 116 valence electrons. The molecule has 2 rings (SSSR count). The Balaban J connectivity index is 1.79. The van der Waals surface area contributed by atoms with Gasteiger partial charge in [0, 0.05) is 20.2 Å². The van der Waals surface area contributed by atoms with Crippen molar-refractivity contribution >= 4 is 6.09 Å². The molecule has 1 aromatic rings. The van der Waals surface area contributed by atoms with E-state index in [0.717, 1.165) is 5.56 Å². The number of carbonyl (C=O) groups is 1. The molecule has 1 aromatic carbocycles. The first-order chi connectivity index (χ1) is 10.2. The van der Waals surface area contributed by atoms with E-state index in [9.17, 15) is 9.18 Å². The summed E-state index contributed by atoms with van der Waals surface area (Å²) in [6.07, 6.45) is -0.853. The number of halogens is 1. The van der Waals surface area contributed by atoms with Crippen LogP contribution in [0.3, 0.4) is 0 Å². The molecule has 1 aliphatic heterocycles. The monoisotopic (exact) mass is 298 g/mol. The van der Waals surface area contributed by atoms with Crippen molar-refractivity contribution in [3.63, 3.8) is 0 Å². The topological polar surface area (TPSA) is 68.8 Å². The Kier molecular flexibility index (Phi) is 5.77. The van der Waals surface area contributed by atoms with Gasteiger partial charge in [0.15, 0.2) is 17.7 Å². The van der Waals surface area contributed by atoms with Crippen LogP contribution >= 0.6 is 0 Å². The number of hydrogen-bond acceptors (Lipinski definition) is 5. The molecule has 1 fully saturated rings. The molecular weight excluding hydrogens is 279 g/mol. The fourth-order valence-electron chi connectivity index (χ4n) is 1.89. The maximum atomic E-state index is 13.9. The van der Waals surface area contributed by atoms with E-state index in [1.807, 2.05) is 0 Å². The molecule has 1 atom stereocenters. The zero-order valence-corrected chi connectivity index (χ0v) is 11.9. The Hall–Kier alpha value is -1.86. The first-order valence-electron chi connectivity index (χ1n) is 6.74. The van der Waals surface area contributed by atoms with E-state index in [1.165, 1.54) is 6.07 Å². The average Bonchev–Trinajstić information content (AvgIpc) is 2.88.